The Labute approximate surface area is 129 Å². The Morgan fingerprint density at radius 1 is 0.955 bits per heavy atom. The Balaban J connectivity index is 1.95. The van der Waals surface area contributed by atoms with Gasteiger partial charge in [-0.05, 0) is 30.3 Å². The second-order valence-corrected chi connectivity index (χ2v) is 7.12. The molecule has 1 saturated heterocycles. The van der Waals surface area contributed by atoms with Crippen LogP contribution in [0.1, 0.15) is 0 Å². The van der Waals surface area contributed by atoms with Crippen LogP contribution >= 0.6 is 0 Å². The molecule has 0 saturated carbocycles. The van der Waals surface area contributed by atoms with Crippen LogP contribution in [0.5, 0.6) is 0 Å². The van der Waals surface area contributed by atoms with Crippen molar-refractivity contribution in [2.24, 2.45) is 0 Å². The van der Waals surface area contributed by atoms with E-state index in [1.54, 1.807) is 24.3 Å². The van der Waals surface area contributed by atoms with Gasteiger partial charge in [0.2, 0.25) is 9.84 Å². The number of piperazine rings is 1. The molecular formula is C16H17FN2O2S. The monoisotopic (exact) mass is 320 g/mol. The van der Waals surface area contributed by atoms with Crippen molar-refractivity contribution >= 4 is 15.5 Å². The summed E-state index contributed by atoms with van der Waals surface area (Å²) >= 11 is 0. The Bertz CT molecular complexity index is 757. The lowest BCUT2D eigenvalue weighted by atomic mass is 10.2. The Morgan fingerprint density at radius 2 is 1.64 bits per heavy atom. The van der Waals surface area contributed by atoms with Gasteiger partial charge < -0.3 is 10.2 Å². The van der Waals surface area contributed by atoms with Crippen molar-refractivity contribution in [3.8, 4) is 0 Å². The molecule has 0 radical (unpaired) electrons. The number of nitrogens with zero attached hydrogens (tertiary/aromatic N) is 1. The van der Waals surface area contributed by atoms with Crippen molar-refractivity contribution < 1.29 is 12.8 Å². The van der Waals surface area contributed by atoms with Crippen LogP contribution in [0.15, 0.2) is 58.3 Å². The van der Waals surface area contributed by atoms with E-state index in [9.17, 15) is 12.8 Å². The molecule has 0 amide bonds. The average Bonchev–Trinajstić information content (AvgIpc) is 2.56. The number of halogens is 1. The zero-order chi connectivity index (χ0) is 15.6. The first-order chi connectivity index (χ1) is 10.6. The van der Waals surface area contributed by atoms with Gasteiger partial charge in [0.1, 0.15) is 5.82 Å². The summed E-state index contributed by atoms with van der Waals surface area (Å²) in [5.74, 6) is -0.501. The molecule has 0 aromatic heterocycles. The number of benzene rings is 2. The maximum absolute atomic E-state index is 14.4. The summed E-state index contributed by atoms with van der Waals surface area (Å²) in [6.45, 7) is 3.01. The second kappa shape index (κ2) is 6.06. The summed E-state index contributed by atoms with van der Waals surface area (Å²) in [6.07, 6.45) is 0. The summed E-state index contributed by atoms with van der Waals surface area (Å²) < 4.78 is 39.3. The van der Waals surface area contributed by atoms with Crippen LogP contribution in [-0.2, 0) is 9.84 Å². The smallest absolute Gasteiger partial charge is 0.206 e. The minimum atomic E-state index is -3.68. The number of nitrogens with one attached hydrogen (secondary N) is 1. The van der Waals surface area contributed by atoms with E-state index in [2.05, 4.69) is 5.32 Å². The molecule has 0 aliphatic carbocycles. The van der Waals surface area contributed by atoms with Crippen LogP contribution in [0.4, 0.5) is 10.1 Å². The second-order valence-electron chi connectivity index (χ2n) is 5.17. The third kappa shape index (κ3) is 2.84. The molecular weight excluding hydrogens is 303 g/mol. The lowest BCUT2D eigenvalue weighted by molar-refractivity contribution is 0.563. The molecule has 2 aromatic rings. The van der Waals surface area contributed by atoms with Crippen LogP contribution < -0.4 is 10.2 Å². The van der Waals surface area contributed by atoms with Gasteiger partial charge in [-0.15, -0.1) is 0 Å². The van der Waals surface area contributed by atoms with Gasteiger partial charge in [0, 0.05) is 26.2 Å². The predicted molar refractivity (Wildman–Crippen MR) is 83.4 cm³/mol. The van der Waals surface area contributed by atoms with Gasteiger partial charge >= 0.3 is 0 Å². The van der Waals surface area contributed by atoms with Crippen molar-refractivity contribution in [2.75, 3.05) is 31.1 Å². The molecule has 1 fully saturated rings. The van der Waals surface area contributed by atoms with Gasteiger partial charge in [-0.25, -0.2) is 12.8 Å². The molecule has 6 heteroatoms. The lowest BCUT2D eigenvalue weighted by Gasteiger charge is -2.29. The van der Waals surface area contributed by atoms with Gasteiger partial charge in [0.05, 0.1) is 15.5 Å². The average molecular weight is 320 g/mol. The molecule has 116 valence electrons. The molecule has 0 spiro atoms. The summed E-state index contributed by atoms with van der Waals surface area (Å²) in [5, 5.41) is 3.20. The molecule has 1 aliphatic heterocycles. The molecule has 0 atom stereocenters. The highest BCUT2D eigenvalue weighted by Crippen LogP contribution is 2.26. The summed E-state index contributed by atoms with van der Waals surface area (Å²) in [5.41, 5.74) is 0.452. The first-order valence-corrected chi connectivity index (χ1v) is 8.63. The zero-order valence-electron chi connectivity index (χ0n) is 12.0. The number of rotatable bonds is 3. The van der Waals surface area contributed by atoms with E-state index in [1.165, 1.54) is 18.2 Å². The van der Waals surface area contributed by atoms with Crippen molar-refractivity contribution in [1.82, 2.24) is 5.32 Å². The molecule has 3 rings (SSSR count). The highest BCUT2D eigenvalue weighted by molar-refractivity contribution is 7.91. The Hall–Kier alpha value is -1.92. The Morgan fingerprint density at radius 3 is 2.27 bits per heavy atom. The maximum Gasteiger partial charge on any atom is 0.206 e. The first-order valence-electron chi connectivity index (χ1n) is 7.14. The van der Waals surface area contributed by atoms with Gasteiger partial charge in [0.15, 0.2) is 0 Å². The van der Waals surface area contributed by atoms with Crippen molar-refractivity contribution in [3.05, 3.63) is 54.3 Å². The van der Waals surface area contributed by atoms with Crippen molar-refractivity contribution in [2.45, 2.75) is 9.79 Å². The molecule has 0 unspecified atom stereocenters. The van der Waals surface area contributed by atoms with Crippen LogP contribution in [0.3, 0.4) is 0 Å². The topological polar surface area (TPSA) is 49.4 Å². The lowest BCUT2D eigenvalue weighted by Crippen LogP contribution is -2.43. The van der Waals surface area contributed by atoms with E-state index >= 15 is 0 Å². The number of anilines is 1. The fourth-order valence-electron chi connectivity index (χ4n) is 2.55. The van der Waals surface area contributed by atoms with Gasteiger partial charge in [-0.3, -0.25) is 0 Å². The predicted octanol–water partition coefficient (Wildman–Crippen LogP) is 2.07. The van der Waals surface area contributed by atoms with E-state index in [4.69, 9.17) is 0 Å². The normalized spacial score (nSPS) is 15.8. The minimum absolute atomic E-state index is 0.0184. The molecule has 1 aliphatic rings. The molecule has 1 N–H and O–H groups in total. The molecule has 1 heterocycles. The van der Waals surface area contributed by atoms with E-state index in [-0.39, 0.29) is 9.79 Å². The van der Waals surface area contributed by atoms with Gasteiger partial charge in [-0.1, -0.05) is 18.2 Å². The summed E-state index contributed by atoms with van der Waals surface area (Å²) in [7, 11) is -3.68. The van der Waals surface area contributed by atoms with Crippen LogP contribution in [0.2, 0.25) is 0 Å². The van der Waals surface area contributed by atoms with E-state index < -0.39 is 15.7 Å². The highest BCUT2D eigenvalue weighted by Gasteiger charge is 2.21. The number of hydrogen-bond acceptors (Lipinski definition) is 4. The quantitative estimate of drug-likeness (QED) is 0.940. The summed E-state index contributed by atoms with van der Waals surface area (Å²) in [4.78, 5) is 2.07. The molecule has 2 aromatic carbocycles. The fourth-order valence-corrected chi connectivity index (χ4v) is 3.85. The van der Waals surface area contributed by atoms with Crippen LogP contribution in [0.25, 0.3) is 0 Å². The standard InChI is InChI=1S/C16H17FN2O2S/c17-15-12-14(22(20,21)13-4-2-1-3-5-13)6-7-16(15)19-10-8-18-9-11-19/h1-7,12,18H,8-11H2. The number of hydrogen-bond donors (Lipinski definition) is 1. The van der Waals surface area contributed by atoms with E-state index in [0.717, 1.165) is 19.2 Å². The minimum Gasteiger partial charge on any atom is -0.367 e. The largest absolute Gasteiger partial charge is 0.367 e. The molecule has 22 heavy (non-hydrogen) atoms. The van der Waals surface area contributed by atoms with Gasteiger partial charge in [0.25, 0.3) is 0 Å². The fraction of sp³-hybridized carbons (Fsp3) is 0.250. The molecule has 4 nitrogen and oxygen atoms in total. The van der Waals surface area contributed by atoms with Crippen molar-refractivity contribution in [3.63, 3.8) is 0 Å². The first kappa shape index (κ1) is 15.0. The van der Waals surface area contributed by atoms with E-state index in [0.29, 0.717) is 18.8 Å². The summed E-state index contributed by atoms with van der Waals surface area (Å²) in [6, 6.07) is 12.2. The van der Waals surface area contributed by atoms with Crippen molar-refractivity contribution in [1.29, 1.82) is 0 Å². The molecule has 0 bridgehead atoms. The maximum atomic E-state index is 14.4. The third-order valence-corrected chi connectivity index (χ3v) is 5.51. The number of sulfone groups is 1. The third-order valence-electron chi connectivity index (χ3n) is 3.74. The van der Waals surface area contributed by atoms with E-state index in [1.807, 2.05) is 4.90 Å². The van der Waals surface area contributed by atoms with Gasteiger partial charge in [-0.2, -0.15) is 0 Å². The van der Waals surface area contributed by atoms with Crippen LogP contribution in [0, 0.1) is 5.82 Å². The zero-order valence-corrected chi connectivity index (χ0v) is 12.8. The van der Waals surface area contributed by atoms with Crippen LogP contribution in [-0.4, -0.2) is 34.6 Å². The SMILES string of the molecule is O=S(=O)(c1ccccc1)c1ccc(N2CCNCC2)c(F)c1. The highest BCUT2D eigenvalue weighted by atomic mass is 32.2. The Kier molecular flexibility index (Phi) is 4.13.